The summed E-state index contributed by atoms with van der Waals surface area (Å²) in [5.41, 5.74) is -0.0624. The van der Waals surface area contributed by atoms with Crippen molar-refractivity contribution in [2.24, 2.45) is 0 Å². The van der Waals surface area contributed by atoms with Crippen LogP contribution >= 0.6 is 11.6 Å². The van der Waals surface area contributed by atoms with Crippen LogP contribution in [-0.2, 0) is 0 Å². The van der Waals surface area contributed by atoms with Gasteiger partial charge in [-0.05, 0) is 37.1 Å². The summed E-state index contributed by atoms with van der Waals surface area (Å²) in [4.78, 5) is 14.2. The zero-order valence-electron chi connectivity index (χ0n) is 10.7. The number of amides is 1. The van der Waals surface area contributed by atoms with Crippen LogP contribution in [0, 0.1) is 5.82 Å². The van der Waals surface area contributed by atoms with Crippen LogP contribution in [0.15, 0.2) is 41.0 Å². The Bertz CT molecular complexity index is 607. The van der Waals surface area contributed by atoms with Crippen molar-refractivity contribution in [3.05, 3.63) is 58.8 Å². The van der Waals surface area contributed by atoms with Crippen molar-refractivity contribution in [1.82, 2.24) is 4.90 Å². The molecule has 1 unspecified atom stereocenters. The third-order valence-electron chi connectivity index (χ3n) is 3.56. The number of benzene rings is 1. The van der Waals surface area contributed by atoms with Crippen LogP contribution in [0.25, 0.3) is 0 Å². The molecule has 0 bridgehead atoms. The molecule has 2 heterocycles. The zero-order valence-corrected chi connectivity index (χ0v) is 11.4. The van der Waals surface area contributed by atoms with Gasteiger partial charge in [0.2, 0.25) is 0 Å². The summed E-state index contributed by atoms with van der Waals surface area (Å²) in [6.45, 7) is 0.578. The maximum atomic E-state index is 13.9. The summed E-state index contributed by atoms with van der Waals surface area (Å²) in [5.74, 6) is -0.247. The number of rotatable bonds is 2. The first kappa shape index (κ1) is 13.2. The Morgan fingerprint density at radius 2 is 2.20 bits per heavy atom. The second-order valence-electron chi connectivity index (χ2n) is 4.77. The largest absolute Gasteiger partial charge is 0.467 e. The molecule has 0 saturated carbocycles. The molecular formula is C15H13ClFNO2. The van der Waals surface area contributed by atoms with E-state index in [1.54, 1.807) is 17.2 Å². The molecule has 0 spiro atoms. The molecule has 3 nitrogen and oxygen atoms in total. The molecule has 1 fully saturated rings. The van der Waals surface area contributed by atoms with Crippen LogP contribution in [0.1, 0.15) is 35.0 Å². The Balaban J connectivity index is 1.94. The molecule has 1 amide bonds. The molecule has 1 aliphatic rings. The van der Waals surface area contributed by atoms with E-state index in [2.05, 4.69) is 0 Å². The second kappa shape index (κ2) is 5.29. The van der Waals surface area contributed by atoms with Gasteiger partial charge in [0.15, 0.2) is 0 Å². The SMILES string of the molecule is O=C(c1c(F)cccc1Cl)N1CCCC1c1ccco1. The topological polar surface area (TPSA) is 33.5 Å². The summed E-state index contributed by atoms with van der Waals surface area (Å²) in [6.07, 6.45) is 3.25. The maximum absolute atomic E-state index is 13.9. The number of hydrogen-bond donors (Lipinski definition) is 0. The molecule has 0 radical (unpaired) electrons. The Kier molecular flexibility index (Phi) is 3.49. The molecule has 1 atom stereocenters. The quantitative estimate of drug-likeness (QED) is 0.837. The van der Waals surface area contributed by atoms with Gasteiger partial charge in [-0.25, -0.2) is 4.39 Å². The van der Waals surface area contributed by atoms with Gasteiger partial charge in [-0.2, -0.15) is 0 Å². The van der Waals surface area contributed by atoms with Crippen LogP contribution in [0.3, 0.4) is 0 Å². The first-order valence-electron chi connectivity index (χ1n) is 6.47. The third-order valence-corrected chi connectivity index (χ3v) is 3.88. The van der Waals surface area contributed by atoms with Crippen LogP contribution in [-0.4, -0.2) is 17.4 Å². The molecule has 3 rings (SSSR count). The standard InChI is InChI=1S/C15H13ClFNO2/c16-10-4-1-5-11(17)14(10)15(19)18-8-2-6-12(18)13-7-3-9-20-13/h1,3-5,7,9,12H,2,6,8H2. The minimum atomic E-state index is -0.590. The van der Waals surface area contributed by atoms with Gasteiger partial charge in [0.25, 0.3) is 5.91 Å². The highest BCUT2D eigenvalue weighted by atomic mass is 35.5. The van der Waals surface area contributed by atoms with Crippen LogP contribution in [0.4, 0.5) is 4.39 Å². The Hall–Kier alpha value is -1.81. The first-order valence-corrected chi connectivity index (χ1v) is 6.84. The van der Waals surface area contributed by atoms with Crippen molar-refractivity contribution in [1.29, 1.82) is 0 Å². The molecule has 1 saturated heterocycles. The van der Waals surface area contributed by atoms with Crippen molar-refractivity contribution < 1.29 is 13.6 Å². The summed E-state index contributed by atoms with van der Waals surface area (Å²) in [6, 6.07) is 7.73. The normalized spacial score (nSPS) is 18.5. The summed E-state index contributed by atoms with van der Waals surface area (Å²) in [7, 11) is 0. The Labute approximate surface area is 120 Å². The molecular weight excluding hydrogens is 281 g/mol. The highest BCUT2D eigenvalue weighted by Gasteiger charge is 2.34. The van der Waals surface area contributed by atoms with Crippen LogP contribution in [0.2, 0.25) is 5.02 Å². The van der Waals surface area contributed by atoms with Gasteiger partial charge in [0.1, 0.15) is 11.6 Å². The van der Waals surface area contributed by atoms with Gasteiger partial charge < -0.3 is 9.32 Å². The number of carbonyl (C=O) groups is 1. The molecule has 1 aromatic carbocycles. The molecule has 1 aliphatic heterocycles. The average molecular weight is 294 g/mol. The predicted molar refractivity (Wildman–Crippen MR) is 73.1 cm³/mol. The monoisotopic (exact) mass is 293 g/mol. The van der Waals surface area contributed by atoms with Gasteiger partial charge in [0.05, 0.1) is 22.9 Å². The van der Waals surface area contributed by atoms with Crippen LogP contribution in [0.5, 0.6) is 0 Å². The van der Waals surface area contributed by atoms with Crippen molar-refractivity contribution in [2.45, 2.75) is 18.9 Å². The lowest BCUT2D eigenvalue weighted by Crippen LogP contribution is -2.31. The molecule has 5 heteroatoms. The van der Waals surface area contributed by atoms with Crippen molar-refractivity contribution in [2.75, 3.05) is 6.54 Å². The van der Waals surface area contributed by atoms with E-state index in [-0.39, 0.29) is 22.5 Å². The maximum Gasteiger partial charge on any atom is 0.258 e. The van der Waals surface area contributed by atoms with E-state index in [4.69, 9.17) is 16.0 Å². The number of likely N-dealkylation sites (tertiary alicyclic amines) is 1. The van der Waals surface area contributed by atoms with E-state index in [1.165, 1.54) is 18.2 Å². The number of carbonyl (C=O) groups excluding carboxylic acids is 1. The van der Waals surface area contributed by atoms with E-state index in [9.17, 15) is 9.18 Å². The highest BCUT2D eigenvalue weighted by molar-refractivity contribution is 6.33. The smallest absolute Gasteiger partial charge is 0.258 e. The van der Waals surface area contributed by atoms with E-state index < -0.39 is 5.82 Å². The predicted octanol–water partition coefficient (Wildman–Crippen LogP) is 4.05. The van der Waals surface area contributed by atoms with Gasteiger partial charge in [-0.1, -0.05) is 17.7 Å². The molecule has 0 aliphatic carbocycles. The Morgan fingerprint density at radius 1 is 1.35 bits per heavy atom. The fourth-order valence-electron chi connectivity index (χ4n) is 2.63. The number of hydrogen-bond acceptors (Lipinski definition) is 2. The van der Waals surface area contributed by atoms with E-state index in [1.807, 2.05) is 6.07 Å². The first-order chi connectivity index (χ1) is 9.68. The Morgan fingerprint density at radius 3 is 2.90 bits per heavy atom. The summed E-state index contributed by atoms with van der Waals surface area (Å²) in [5, 5.41) is 0.139. The fraction of sp³-hybridized carbons (Fsp3) is 0.267. The number of halogens is 2. The minimum absolute atomic E-state index is 0.0624. The van der Waals surface area contributed by atoms with Gasteiger partial charge in [0, 0.05) is 6.54 Å². The van der Waals surface area contributed by atoms with E-state index >= 15 is 0 Å². The molecule has 20 heavy (non-hydrogen) atoms. The summed E-state index contributed by atoms with van der Waals surface area (Å²) < 4.78 is 19.2. The average Bonchev–Trinajstić information content (AvgIpc) is 3.09. The molecule has 1 aromatic heterocycles. The lowest BCUT2D eigenvalue weighted by Gasteiger charge is -2.23. The van der Waals surface area contributed by atoms with Crippen LogP contribution < -0.4 is 0 Å². The minimum Gasteiger partial charge on any atom is -0.467 e. The van der Waals surface area contributed by atoms with Gasteiger partial charge in [-0.15, -0.1) is 0 Å². The third kappa shape index (κ3) is 2.20. The van der Waals surface area contributed by atoms with Gasteiger partial charge >= 0.3 is 0 Å². The number of furan rings is 1. The summed E-state index contributed by atoms with van der Waals surface area (Å²) >= 11 is 5.96. The lowest BCUT2D eigenvalue weighted by molar-refractivity contribution is 0.0715. The highest BCUT2D eigenvalue weighted by Crippen LogP contribution is 2.34. The molecule has 0 N–H and O–H groups in total. The van der Waals surface area contributed by atoms with E-state index in [0.29, 0.717) is 6.54 Å². The fourth-order valence-corrected chi connectivity index (χ4v) is 2.88. The van der Waals surface area contributed by atoms with E-state index in [0.717, 1.165) is 18.6 Å². The number of nitrogens with zero attached hydrogens (tertiary/aromatic N) is 1. The van der Waals surface area contributed by atoms with Crippen molar-refractivity contribution in [3.8, 4) is 0 Å². The molecule has 104 valence electrons. The van der Waals surface area contributed by atoms with Gasteiger partial charge in [-0.3, -0.25) is 4.79 Å². The zero-order chi connectivity index (χ0) is 14.1. The second-order valence-corrected chi connectivity index (χ2v) is 5.18. The van der Waals surface area contributed by atoms with Crippen molar-refractivity contribution >= 4 is 17.5 Å². The molecule has 2 aromatic rings. The lowest BCUT2D eigenvalue weighted by atomic mass is 10.1. The van der Waals surface area contributed by atoms with Crippen molar-refractivity contribution in [3.63, 3.8) is 0 Å².